The fourth-order valence-corrected chi connectivity index (χ4v) is 5.65. The molecular weight excluding hydrogens is 571 g/mol. The normalized spacial score (nSPS) is 31.7. The number of ether oxygens (including phenoxy) is 3. The number of aromatic nitrogens is 8. The molecule has 6 heterocycles. The number of phosphoric ester groups is 1. The SMILES string of the molecule is CO[C@H]1O[C@@H](n2cnc3c(N)ncnc32)C(OP(=O)(O)OC[C@H]2O[C@@H](n3cnc4c(N)ncnc43)C(O)C2O)C1O. The fraction of sp³-hybridized carbons (Fsp3) is 0.500. The summed E-state index contributed by atoms with van der Waals surface area (Å²) in [6.07, 6.45) is -6.08. The third-order valence-corrected chi connectivity index (χ3v) is 7.70. The molecule has 0 spiro atoms. The molecule has 0 saturated carbocycles. The zero-order chi connectivity index (χ0) is 29.1. The first-order chi connectivity index (χ1) is 19.6. The fourth-order valence-electron chi connectivity index (χ4n) is 4.71. The second-order valence-corrected chi connectivity index (χ2v) is 10.6. The van der Waals surface area contributed by atoms with Crippen molar-refractivity contribution in [2.45, 2.75) is 49.3 Å². The second kappa shape index (κ2) is 10.4. The van der Waals surface area contributed by atoms with Crippen LogP contribution in [0.4, 0.5) is 11.6 Å². The number of methoxy groups -OCH3 is 1. The maximum absolute atomic E-state index is 13.0. The summed E-state index contributed by atoms with van der Waals surface area (Å²) < 4.78 is 42.6. The Morgan fingerprint density at radius 2 is 1.46 bits per heavy atom. The minimum Gasteiger partial charge on any atom is -0.387 e. The van der Waals surface area contributed by atoms with E-state index < -0.39 is 63.7 Å². The molecule has 2 saturated heterocycles. The number of imidazole rings is 2. The number of hydrogen-bond acceptors (Lipinski definition) is 17. The van der Waals surface area contributed by atoms with E-state index in [0.29, 0.717) is 0 Å². The van der Waals surface area contributed by atoms with Gasteiger partial charge in [-0.2, -0.15) is 0 Å². The largest absolute Gasteiger partial charge is 0.472 e. The summed E-state index contributed by atoms with van der Waals surface area (Å²) in [7, 11) is -3.70. The van der Waals surface area contributed by atoms with Gasteiger partial charge in [-0.15, -0.1) is 0 Å². The van der Waals surface area contributed by atoms with Crippen molar-refractivity contribution < 1.29 is 48.0 Å². The highest BCUT2D eigenvalue weighted by molar-refractivity contribution is 7.47. The molecule has 2 aliphatic rings. The van der Waals surface area contributed by atoms with Crippen LogP contribution in [0.25, 0.3) is 22.3 Å². The van der Waals surface area contributed by atoms with Crippen LogP contribution in [0.3, 0.4) is 0 Å². The van der Waals surface area contributed by atoms with Crippen molar-refractivity contribution in [3.05, 3.63) is 25.3 Å². The van der Waals surface area contributed by atoms with Gasteiger partial charge in [-0.25, -0.2) is 34.5 Å². The molecule has 21 heteroatoms. The van der Waals surface area contributed by atoms with Crippen molar-refractivity contribution in [2.75, 3.05) is 25.2 Å². The lowest BCUT2D eigenvalue weighted by molar-refractivity contribution is -0.160. The van der Waals surface area contributed by atoms with Crippen LogP contribution in [0.5, 0.6) is 0 Å². The average Bonchev–Trinajstić information content (AvgIpc) is 3.70. The lowest BCUT2D eigenvalue weighted by Gasteiger charge is -2.24. The number of rotatable bonds is 8. The van der Waals surface area contributed by atoms with E-state index >= 15 is 0 Å². The Balaban J connectivity index is 1.18. The summed E-state index contributed by atoms with van der Waals surface area (Å²) in [4.78, 5) is 34.7. The van der Waals surface area contributed by atoms with Gasteiger partial charge in [0.05, 0.1) is 19.3 Å². The van der Waals surface area contributed by atoms with Crippen molar-refractivity contribution >= 4 is 41.8 Å². The van der Waals surface area contributed by atoms with Gasteiger partial charge in [-0.1, -0.05) is 0 Å². The molecule has 41 heavy (non-hydrogen) atoms. The van der Waals surface area contributed by atoms with Crippen LogP contribution in [0, 0.1) is 0 Å². The summed E-state index contributed by atoms with van der Waals surface area (Å²) >= 11 is 0. The third-order valence-electron chi connectivity index (χ3n) is 6.72. The molecule has 0 aliphatic carbocycles. The highest BCUT2D eigenvalue weighted by Crippen LogP contribution is 2.50. The number of anilines is 2. The van der Waals surface area contributed by atoms with Gasteiger partial charge in [0, 0.05) is 7.11 Å². The summed E-state index contributed by atoms with van der Waals surface area (Å²) in [5.41, 5.74) is 12.6. The summed E-state index contributed by atoms with van der Waals surface area (Å²) in [5, 5.41) is 31.9. The van der Waals surface area contributed by atoms with Crippen molar-refractivity contribution in [3.8, 4) is 0 Å². The zero-order valence-corrected chi connectivity index (χ0v) is 21.9. The molecule has 2 aliphatic heterocycles. The Morgan fingerprint density at radius 3 is 2.05 bits per heavy atom. The molecule has 2 fully saturated rings. The maximum atomic E-state index is 13.0. The van der Waals surface area contributed by atoms with E-state index in [1.165, 1.54) is 41.6 Å². The Morgan fingerprint density at radius 1 is 0.878 bits per heavy atom. The van der Waals surface area contributed by atoms with Gasteiger partial charge < -0.3 is 45.9 Å². The van der Waals surface area contributed by atoms with Crippen LogP contribution in [-0.2, 0) is 27.8 Å². The van der Waals surface area contributed by atoms with Crippen molar-refractivity contribution in [1.82, 2.24) is 39.0 Å². The topological polar surface area (TPSA) is 283 Å². The van der Waals surface area contributed by atoms with E-state index in [-0.39, 0.29) is 34.0 Å². The van der Waals surface area contributed by atoms with E-state index in [1.807, 2.05) is 0 Å². The second-order valence-electron chi connectivity index (χ2n) is 9.17. The van der Waals surface area contributed by atoms with Gasteiger partial charge in [0.25, 0.3) is 0 Å². The van der Waals surface area contributed by atoms with E-state index in [1.54, 1.807) is 0 Å². The van der Waals surface area contributed by atoms with Crippen molar-refractivity contribution in [3.63, 3.8) is 0 Å². The molecule has 4 aromatic rings. The molecule has 9 atom stereocenters. The number of nitrogens with two attached hydrogens (primary N) is 2. The van der Waals surface area contributed by atoms with Gasteiger partial charge in [0.2, 0.25) is 0 Å². The summed E-state index contributed by atoms with van der Waals surface area (Å²) in [6, 6.07) is 0. The van der Waals surface area contributed by atoms with Crippen LogP contribution in [0.15, 0.2) is 25.3 Å². The molecule has 8 N–H and O–H groups in total. The quantitative estimate of drug-likeness (QED) is 0.118. The van der Waals surface area contributed by atoms with Crippen LogP contribution in [0.1, 0.15) is 12.5 Å². The Hall–Kier alpha value is -3.43. The molecule has 220 valence electrons. The Kier molecular flexibility index (Phi) is 7.06. The minimum atomic E-state index is -4.97. The van der Waals surface area contributed by atoms with Crippen LogP contribution < -0.4 is 11.5 Å². The lowest BCUT2D eigenvalue weighted by atomic mass is 10.1. The van der Waals surface area contributed by atoms with Gasteiger partial charge in [-0.3, -0.25) is 18.2 Å². The van der Waals surface area contributed by atoms with Crippen LogP contribution in [0.2, 0.25) is 0 Å². The number of nitrogens with zero attached hydrogens (tertiary/aromatic N) is 8. The zero-order valence-electron chi connectivity index (χ0n) is 21.1. The molecule has 6 rings (SSSR count). The number of nitrogen functional groups attached to an aromatic ring is 2. The molecule has 0 bridgehead atoms. The highest BCUT2D eigenvalue weighted by atomic mass is 31.2. The first kappa shape index (κ1) is 27.7. The first-order valence-corrected chi connectivity index (χ1v) is 13.5. The molecular formula is C20H25N10O10P. The molecule has 0 amide bonds. The lowest BCUT2D eigenvalue weighted by Crippen LogP contribution is -2.35. The standard InChI is InChI=1S/C20H25N10O10P/c1-36-20-12(33)13(19(39-20)30-6-28-9-15(22)24-4-26-17(9)30)40-41(34,35)37-2-7-10(31)11(32)18(38-7)29-5-27-8-14(21)23-3-25-16(8)29/h3-7,10-13,18-20,31-33H,2H2,1H3,(H,34,35)(H2,21,23,25)(H2,22,24,26)/t7-,10?,11?,12?,13?,18-,19-,20+/m1/s1. The minimum absolute atomic E-state index is 0.0828. The predicted molar refractivity (Wildman–Crippen MR) is 133 cm³/mol. The monoisotopic (exact) mass is 596 g/mol. The predicted octanol–water partition coefficient (Wildman–Crippen LogP) is -2.19. The Labute approximate surface area is 229 Å². The first-order valence-electron chi connectivity index (χ1n) is 12.0. The Bertz CT molecular complexity index is 1620. The van der Waals surface area contributed by atoms with Gasteiger partial charge in [0.1, 0.15) is 54.2 Å². The molecule has 4 aromatic heterocycles. The molecule has 20 nitrogen and oxygen atoms in total. The number of fused-ring (bicyclic) bond motifs is 2. The van der Waals surface area contributed by atoms with E-state index in [4.69, 9.17) is 34.7 Å². The van der Waals surface area contributed by atoms with Crippen molar-refractivity contribution in [2.24, 2.45) is 0 Å². The smallest absolute Gasteiger partial charge is 0.387 e. The van der Waals surface area contributed by atoms with Crippen molar-refractivity contribution in [1.29, 1.82) is 0 Å². The molecule has 0 radical (unpaired) electrons. The van der Waals surface area contributed by atoms with Crippen LogP contribution in [-0.4, -0.2) is 110 Å². The van der Waals surface area contributed by atoms with Crippen LogP contribution >= 0.6 is 7.82 Å². The summed E-state index contributed by atoms with van der Waals surface area (Å²) in [5.74, 6) is 0.186. The number of hydrogen-bond donors (Lipinski definition) is 6. The molecule has 0 aromatic carbocycles. The average molecular weight is 596 g/mol. The van der Waals surface area contributed by atoms with E-state index in [9.17, 15) is 24.8 Å². The van der Waals surface area contributed by atoms with Gasteiger partial charge in [-0.05, 0) is 0 Å². The number of aliphatic hydroxyl groups excluding tert-OH is 3. The third kappa shape index (κ3) is 4.78. The number of phosphoric acid groups is 1. The van der Waals surface area contributed by atoms with Gasteiger partial charge in [0.15, 0.2) is 41.7 Å². The van der Waals surface area contributed by atoms with E-state index in [2.05, 4.69) is 29.9 Å². The van der Waals surface area contributed by atoms with E-state index in [0.717, 1.165) is 0 Å². The summed E-state index contributed by atoms with van der Waals surface area (Å²) in [6.45, 7) is -0.688. The van der Waals surface area contributed by atoms with Gasteiger partial charge >= 0.3 is 7.82 Å². The maximum Gasteiger partial charge on any atom is 0.472 e. The molecule has 5 unspecified atom stereocenters. The highest BCUT2D eigenvalue weighted by Gasteiger charge is 2.51. The number of aliphatic hydroxyl groups is 3.